The largest absolute Gasteiger partial charge is 0.471 e. The molecule has 3 N–H and O–H groups in total. The molecule has 0 unspecified atom stereocenters. The molecule has 4 aromatic rings. The molecule has 0 spiro atoms. The molecule has 36 heavy (non-hydrogen) atoms. The second-order valence-corrected chi connectivity index (χ2v) is 9.27. The Morgan fingerprint density at radius 2 is 1.56 bits per heavy atom. The number of aromatic nitrogens is 4. The van der Waals surface area contributed by atoms with E-state index in [9.17, 15) is 0 Å². The summed E-state index contributed by atoms with van der Waals surface area (Å²) in [5.41, 5.74) is 8.89. The van der Waals surface area contributed by atoms with E-state index >= 15 is 0 Å². The molecule has 2 aromatic heterocycles. The molecule has 0 radical (unpaired) electrons. The van der Waals surface area contributed by atoms with Crippen molar-refractivity contribution in [2.45, 2.75) is 57.5 Å². The summed E-state index contributed by atoms with van der Waals surface area (Å²) in [6.45, 7) is 4.45. The summed E-state index contributed by atoms with van der Waals surface area (Å²) < 4.78 is 30.7. The lowest BCUT2D eigenvalue weighted by atomic mass is 10.1. The fourth-order valence-corrected chi connectivity index (χ4v) is 4.54. The second kappa shape index (κ2) is 9.14. The number of nitrogens with zero attached hydrogens (tertiary/aromatic N) is 3. The van der Waals surface area contributed by atoms with Gasteiger partial charge in [0.15, 0.2) is 17.7 Å². The highest BCUT2D eigenvalue weighted by Gasteiger charge is 2.57. The van der Waals surface area contributed by atoms with Gasteiger partial charge in [-0.05, 0) is 25.0 Å². The number of anilines is 1. The van der Waals surface area contributed by atoms with Crippen LogP contribution in [-0.2, 0) is 32.2 Å². The van der Waals surface area contributed by atoms with E-state index in [0.29, 0.717) is 36.1 Å². The Bertz CT molecular complexity index is 1350. The smallest absolute Gasteiger partial charge is 0.245 e. The Morgan fingerprint density at radius 1 is 0.889 bits per heavy atom. The van der Waals surface area contributed by atoms with Gasteiger partial charge in [0.25, 0.3) is 0 Å². The normalized spacial score (nSPS) is 24.7. The van der Waals surface area contributed by atoms with Gasteiger partial charge in [0.05, 0.1) is 6.61 Å². The number of H-pyrrole nitrogens is 1. The van der Waals surface area contributed by atoms with Crippen molar-refractivity contribution in [3.05, 3.63) is 77.6 Å². The van der Waals surface area contributed by atoms with Gasteiger partial charge in [-0.15, -0.1) is 0 Å². The predicted molar refractivity (Wildman–Crippen MR) is 130 cm³/mol. The van der Waals surface area contributed by atoms with Gasteiger partial charge in [-0.25, -0.2) is 4.98 Å². The number of nitrogen functional groups attached to an aromatic ring is 1. The first-order chi connectivity index (χ1) is 17.4. The van der Waals surface area contributed by atoms with E-state index in [4.69, 9.17) is 29.4 Å². The van der Waals surface area contributed by atoms with Crippen LogP contribution in [0.2, 0.25) is 0 Å². The van der Waals surface area contributed by atoms with Crippen LogP contribution in [0.5, 0.6) is 5.88 Å². The lowest BCUT2D eigenvalue weighted by molar-refractivity contribution is -0.238. The van der Waals surface area contributed by atoms with Crippen molar-refractivity contribution < 1.29 is 23.7 Å². The Labute approximate surface area is 207 Å². The standard InChI is InChI=1S/C26H27N5O5/c1-26(2)35-18-19(34-24(20(18)36-26)33-14-16-11-7-4-8-12-16)22-28-17-21(29-22)30-25(27)31-23(17)32-13-15-9-5-3-6-10-15/h3-12,18-20,24H,13-14H2,1-2H3,(H3,27,28,29,30,31)/t18-,19+,20-,24-/m1/s1. The minimum atomic E-state index is -0.786. The summed E-state index contributed by atoms with van der Waals surface area (Å²) in [6, 6.07) is 19.7. The van der Waals surface area contributed by atoms with Crippen LogP contribution in [0, 0.1) is 0 Å². The number of benzene rings is 2. The van der Waals surface area contributed by atoms with Crippen molar-refractivity contribution in [1.82, 2.24) is 19.9 Å². The minimum Gasteiger partial charge on any atom is -0.471 e. The molecule has 186 valence electrons. The van der Waals surface area contributed by atoms with Crippen LogP contribution in [0.15, 0.2) is 60.7 Å². The van der Waals surface area contributed by atoms with Gasteiger partial charge in [0.1, 0.15) is 36.3 Å². The first-order valence-electron chi connectivity index (χ1n) is 11.8. The fraction of sp³-hybridized carbons (Fsp3) is 0.346. The van der Waals surface area contributed by atoms with Crippen LogP contribution in [-0.4, -0.2) is 44.2 Å². The zero-order valence-corrected chi connectivity index (χ0v) is 20.0. The van der Waals surface area contributed by atoms with E-state index < -0.39 is 30.4 Å². The first-order valence-corrected chi connectivity index (χ1v) is 11.8. The van der Waals surface area contributed by atoms with Gasteiger partial charge in [0, 0.05) is 0 Å². The Hall–Kier alpha value is -3.57. The van der Waals surface area contributed by atoms with Gasteiger partial charge in [-0.1, -0.05) is 60.7 Å². The van der Waals surface area contributed by atoms with Gasteiger partial charge in [-0.2, -0.15) is 9.97 Å². The molecule has 0 bridgehead atoms. The second-order valence-electron chi connectivity index (χ2n) is 9.27. The SMILES string of the molecule is CC1(C)O[C@H]2[C@H](OCc3ccccc3)O[C@H](c3nc4nc(N)nc(OCc5ccccc5)c4[nH]3)[C@H]2O1. The van der Waals surface area contributed by atoms with E-state index in [-0.39, 0.29) is 5.95 Å². The van der Waals surface area contributed by atoms with Crippen molar-refractivity contribution in [1.29, 1.82) is 0 Å². The van der Waals surface area contributed by atoms with E-state index in [1.54, 1.807) is 0 Å². The summed E-state index contributed by atoms with van der Waals surface area (Å²) in [5, 5.41) is 0. The van der Waals surface area contributed by atoms with E-state index in [1.165, 1.54) is 0 Å². The molecule has 10 nitrogen and oxygen atoms in total. The maximum absolute atomic E-state index is 6.27. The van der Waals surface area contributed by atoms with Crippen molar-refractivity contribution in [2.75, 3.05) is 5.73 Å². The molecular formula is C26H27N5O5. The Kier molecular flexibility index (Phi) is 5.81. The van der Waals surface area contributed by atoms with Crippen LogP contribution < -0.4 is 10.5 Å². The quantitative estimate of drug-likeness (QED) is 0.400. The molecule has 2 fully saturated rings. The Balaban J connectivity index is 1.26. The maximum atomic E-state index is 6.27. The first kappa shape index (κ1) is 22.9. The van der Waals surface area contributed by atoms with Crippen LogP contribution in [0.3, 0.4) is 0 Å². The summed E-state index contributed by atoms with van der Waals surface area (Å²) in [4.78, 5) is 16.5. The number of nitrogens with two attached hydrogens (primary N) is 1. The molecule has 0 aliphatic carbocycles. The van der Waals surface area contributed by atoms with Crippen molar-refractivity contribution in [2.24, 2.45) is 0 Å². The number of rotatable bonds is 7. The van der Waals surface area contributed by atoms with Crippen molar-refractivity contribution in [3.8, 4) is 5.88 Å². The van der Waals surface area contributed by atoms with Gasteiger partial charge >= 0.3 is 0 Å². The van der Waals surface area contributed by atoms with Crippen LogP contribution >= 0.6 is 0 Å². The van der Waals surface area contributed by atoms with Crippen molar-refractivity contribution in [3.63, 3.8) is 0 Å². The number of nitrogens with one attached hydrogen (secondary N) is 1. The minimum absolute atomic E-state index is 0.0690. The number of ether oxygens (including phenoxy) is 5. The molecule has 4 heterocycles. The zero-order chi connectivity index (χ0) is 24.7. The molecule has 0 saturated carbocycles. The summed E-state index contributed by atoms with van der Waals surface area (Å²) in [7, 11) is 0. The number of hydrogen-bond acceptors (Lipinski definition) is 9. The molecule has 2 aliphatic rings. The average molecular weight is 490 g/mol. The third-order valence-corrected chi connectivity index (χ3v) is 6.11. The third-order valence-electron chi connectivity index (χ3n) is 6.11. The number of imidazole rings is 1. The topological polar surface area (TPSA) is 127 Å². The number of hydrogen-bond donors (Lipinski definition) is 2. The van der Waals surface area contributed by atoms with E-state index in [1.807, 2.05) is 74.5 Å². The molecule has 4 atom stereocenters. The summed E-state index contributed by atoms with van der Waals surface area (Å²) in [6.07, 6.45) is -2.07. The third kappa shape index (κ3) is 4.51. The number of fused-ring (bicyclic) bond motifs is 2. The van der Waals surface area contributed by atoms with Crippen LogP contribution in [0.25, 0.3) is 11.2 Å². The highest BCUT2D eigenvalue weighted by atomic mass is 16.8. The highest BCUT2D eigenvalue weighted by Crippen LogP contribution is 2.45. The van der Waals surface area contributed by atoms with Gasteiger partial charge in [0.2, 0.25) is 11.8 Å². The maximum Gasteiger partial charge on any atom is 0.245 e. The highest BCUT2D eigenvalue weighted by molar-refractivity contribution is 5.77. The van der Waals surface area contributed by atoms with Crippen molar-refractivity contribution >= 4 is 17.1 Å². The van der Waals surface area contributed by atoms with Crippen LogP contribution in [0.1, 0.15) is 36.9 Å². The molecular weight excluding hydrogens is 462 g/mol. The average Bonchev–Trinajstić information content (AvgIpc) is 3.53. The van der Waals surface area contributed by atoms with E-state index in [0.717, 1.165) is 11.1 Å². The zero-order valence-electron chi connectivity index (χ0n) is 20.0. The molecule has 2 aliphatic heterocycles. The molecule has 2 aromatic carbocycles. The Morgan fingerprint density at radius 3 is 2.28 bits per heavy atom. The predicted octanol–water partition coefficient (Wildman–Crippen LogP) is 3.65. The lowest BCUT2D eigenvalue weighted by Gasteiger charge is -2.23. The molecule has 10 heteroatoms. The molecule has 6 rings (SSSR count). The monoisotopic (exact) mass is 489 g/mol. The number of aromatic amines is 1. The lowest BCUT2D eigenvalue weighted by Crippen LogP contribution is -2.31. The van der Waals surface area contributed by atoms with Gasteiger partial charge in [-0.3, -0.25) is 0 Å². The molecule has 2 saturated heterocycles. The van der Waals surface area contributed by atoms with Gasteiger partial charge < -0.3 is 34.4 Å². The van der Waals surface area contributed by atoms with Crippen LogP contribution in [0.4, 0.5) is 5.95 Å². The summed E-state index contributed by atoms with van der Waals surface area (Å²) in [5.74, 6) is 0.109. The molecule has 0 amide bonds. The summed E-state index contributed by atoms with van der Waals surface area (Å²) >= 11 is 0. The van der Waals surface area contributed by atoms with E-state index in [2.05, 4.69) is 19.9 Å². The fourth-order valence-electron chi connectivity index (χ4n) is 4.54.